The molecule has 0 aliphatic rings. The molecule has 3 aromatic rings. The number of ether oxygens (including phenoxy) is 1. The molecule has 0 aromatic heterocycles. The summed E-state index contributed by atoms with van der Waals surface area (Å²) in [5.74, 6) is 0.371. The van der Waals surface area contributed by atoms with Crippen LogP contribution >= 0.6 is 0 Å². The highest BCUT2D eigenvalue weighted by Gasteiger charge is 2.23. The van der Waals surface area contributed by atoms with E-state index in [-0.39, 0.29) is 21.9 Å². The summed E-state index contributed by atoms with van der Waals surface area (Å²) in [6.07, 6.45) is 0.447. The second-order valence-corrected chi connectivity index (χ2v) is 10.6. The van der Waals surface area contributed by atoms with Gasteiger partial charge in [0, 0.05) is 40.6 Å². The number of rotatable bonds is 9. The van der Waals surface area contributed by atoms with Crippen LogP contribution in [0.4, 0.5) is 17.1 Å². The zero-order valence-electron chi connectivity index (χ0n) is 23.4. The Morgan fingerprint density at radius 1 is 0.947 bits per heavy atom. The molecule has 0 N–H and O–H groups in total. The summed E-state index contributed by atoms with van der Waals surface area (Å²) in [7, 11) is 1.57. The monoisotopic (exact) mass is 511 g/mol. The number of nitrogens with zero attached hydrogens (tertiary/aromatic N) is 3. The van der Waals surface area contributed by atoms with Gasteiger partial charge in [0.15, 0.2) is 0 Å². The van der Waals surface area contributed by atoms with Gasteiger partial charge >= 0.3 is 0 Å². The first-order valence-electron chi connectivity index (χ1n) is 12.7. The van der Waals surface area contributed by atoms with E-state index in [0.717, 1.165) is 45.1 Å². The van der Waals surface area contributed by atoms with Crippen LogP contribution in [0, 0.1) is 16.0 Å². The third-order valence-electron chi connectivity index (χ3n) is 6.58. The first-order chi connectivity index (χ1) is 17.9. The Kier molecular flexibility index (Phi) is 9.00. The van der Waals surface area contributed by atoms with Crippen molar-refractivity contribution < 1.29 is 9.66 Å². The summed E-state index contributed by atoms with van der Waals surface area (Å²) in [6, 6.07) is 20.7. The second-order valence-electron chi connectivity index (χ2n) is 10.6. The van der Waals surface area contributed by atoms with Crippen molar-refractivity contribution >= 4 is 34.1 Å². The second kappa shape index (κ2) is 12.0. The van der Waals surface area contributed by atoms with E-state index in [1.54, 1.807) is 19.2 Å². The van der Waals surface area contributed by atoms with E-state index in [0.29, 0.717) is 12.2 Å². The van der Waals surface area contributed by atoms with E-state index in [4.69, 9.17) is 14.7 Å². The maximum atomic E-state index is 11.5. The topological polar surface area (TPSA) is 77.1 Å². The minimum absolute atomic E-state index is 0.0226. The minimum Gasteiger partial charge on any atom is -0.496 e. The molecule has 0 saturated carbocycles. The van der Waals surface area contributed by atoms with Gasteiger partial charge in [-0.3, -0.25) is 20.1 Å². The molecule has 0 bridgehead atoms. The molecular formula is C32H37N3O3. The quantitative estimate of drug-likeness (QED) is 0.164. The van der Waals surface area contributed by atoms with Gasteiger partial charge in [-0.15, -0.1) is 0 Å². The highest BCUT2D eigenvalue weighted by molar-refractivity contribution is 6.07. The van der Waals surface area contributed by atoms with Gasteiger partial charge in [-0.2, -0.15) is 0 Å². The SMILES string of the molecule is C=C(C)c1ccccc1N=C(C)C(Cc1cc([N+](=O)[O-])ccc1OC)C(C)=Nc1ccccc1C(C)(C)C. The fourth-order valence-electron chi connectivity index (χ4n) is 4.53. The zero-order valence-corrected chi connectivity index (χ0v) is 23.4. The van der Waals surface area contributed by atoms with Crippen molar-refractivity contribution in [2.45, 2.75) is 53.4 Å². The number of hydrogen-bond acceptors (Lipinski definition) is 5. The number of nitro groups is 1. The fraction of sp³-hybridized carbons (Fsp3) is 0.312. The number of aliphatic imine (C=N–C) groups is 2. The molecule has 0 aliphatic heterocycles. The fourth-order valence-corrected chi connectivity index (χ4v) is 4.53. The molecule has 1 atom stereocenters. The molecule has 3 rings (SSSR count). The Labute approximate surface area is 226 Å². The molecule has 0 heterocycles. The third kappa shape index (κ3) is 6.82. The van der Waals surface area contributed by atoms with Gasteiger partial charge in [0.1, 0.15) is 5.75 Å². The maximum absolute atomic E-state index is 11.5. The normalized spacial score (nSPS) is 13.2. The van der Waals surface area contributed by atoms with Crippen molar-refractivity contribution in [2.24, 2.45) is 15.9 Å². The molecule has 198 valence electrons. The molecule has 3 aromatic carbocycles. The lowest BCUT2D eigenvalue weighted by molar-refractivity contribution is -0.384. The third-order valence-corrected chi connectivity index (χ3v) is 6.58. The summed E-state index contributed by atoms with van der Waals surface area (Å²) < 4.78 is 5.58. The number of para-hydroxylation sites is 2. The lowest BCUT2D eigenvalue weighted by Crippen LogP contribution is -2.23. The van der Waals surface area contributed by atoms with Crippen LogP contribution in [0.1, 0.15) is 58.2 Å². The van der Waals surface area contributed by atoms with Crippen LogP contribution in [0.5, 0.6) is 5.75 Å². The molecule has 0 amide bonds. The van der Waals surface area contributed by atoms with E-state index >= 15 is 0 Å². The number of methoxy groups -OCH3 is 1. The summed E-state index contributed by atoms with van der Waals surface area (Å²) in [4.78, 5) is 21.3. The van der Waals surface area contributed by atoms with Crippen molar-refractivity contribution in [1.29, 1.82) is 0 Å². The number of hydrogen-bond donors (Lipinski definition) is 0. The van der Waals surface area contributed by atoms with Crippen molar-refractivity contribution in [3.8, 4) is 5.75 Å². The van der Waals surface area contributed by atoms with E-state index < -0.39 is 0 Å². The molecule has 0 spiro atoms. The molecule has 6 heteroatoms. The van der Waals surface area contributed by atoms with Crippen molar-refractivity contribution in [1.82, 2.24) is 0 Å². The van der Waals surface area contributed by atoms with Gasteiger partial charge in [-0.25, -0.2) is 0 Å². The summed E-state index contributed by atoms with van der Waals surface area (Å²) >= 11 is 0. The Morgan fingerprint density at radius 2 is 1.53 bits per heavy atom. The van der Waals surface area contributed by atoms with E-state index in [1.165, 1.54) is 6.07 Å². The summed E-state index contributed by atoms with van der Waals surface area (Å²) in [6.45, 7) is 16.6. The molecular weight excluding hydrogens is 474 g/mol. The molecule has 38 heavy (non-hydrogen) atoms. The molecule has 6 nitrogen and oxygen atoms in total. The van der Waals surface area contributed by atoms with Crippen molar-refractivity contribution in [3.63, 3.8) is 0 Å². The molecule has 0 radical (unpaired) electrons. The maximum Gasteiger partial charge on any atom is 0.269 e. The molecule has 0 fully saturated rings. The van der Waals surface area contributed by atoms with Crippen LogP contribution in [-0.4, -0.2) is 23.5 Å². The summed E-state index contributed by atoms with van der Waals surface area (Å²) in [5.41, 5.74) is 7.18. The Bertz CT molecular complexity index is 1400. The highest BCUT2D eigenvalue weighted by Crippen LogP contribution is 2.34. The van der Waals surface area contributed by atoms with Crippen LogP contribution in [0.25, 0.3) is 5.57 Å². The van der Waals surface area contributed by atoms with Gasteiger partial charge < -0.3 is 4.74 Å². The Balaban J connectivity index is 2.18. The number of allylic oxidation sites excluding steroid dienone is 1. The van der Waals surface area contributed by atoms with E-state index in [1.807, 2.05) is 63.2 Å². The van der Waals surface area contributed by atoms with Crippen LogP contribution in [0.15, 0.2) is 83.3 Å². The Morgan fingerprint density at radius 3 is 2.11 bits per heavy atom. The first-order valence-corrected chi connectivity index (χ1v) is 12.7. The van der Waals surface area contributed by atoms with E-state index in [9.17, 15) is 10.1 Å². The lowest BCUT2D eigenvalue weighted by atomic mass is 9.85. The largest absolute Gasteiger partial charge is 0.496 e. The van der Waals surface area contributed by atoms with Gasteiger partial charge in [-0.1, -0.05) is 63.7 Å². The molecule has 0 aliphatic carbocycles. The number of nitro benzene ring substituents is 1. The van der Waals surface area contributed by atoms with Crippen LogP contribution in [0.3, 0.4) is 0 Å². The summed E-state index contributed by atoms with van der Waals surface area (Å²) in [5, 5.41) is 11.5. The highest BCUT2D eigenvalue weighted by atomic mass is 16.6. The standard InChI is InChI=1S/C32H37N3O3/c1-21(2)26-13-9-11-15-29(26)33-22(3)27(20-24-19-25(35(36)37)17-18-31(24)38-8)23(4)34-30-16-12-10-14-28(30)32(5,6)7/h9-19,27H,1,20H2,2-8H3. The zero-order chi connectivity index (χ0) is 28.0. The Hall–Kier alpha value is -4.06. The predicted octanol–water partition coefficient (Wildman–Crippen LogP) is 8.68. The number of non-ortho nitro benzene ring substituents is 1. The minimum atomic E-state index is -0.386. The predicted molar refractivity (Wildman–Crippen MR) is 159 cm³/mol. The molecule has 0 saturated heterocycles. The smallest absolute Gasteiger partial charge is 0.269 e. The van der Waals surface area contributed by atoms with Crippen molar-refractivity contribution in [2.75, 3.05) is 7.11 Å². The van der Waals surface area contributed by atoms with Gasteiger partial charge in [-0.05, 0) is 61.9 Å². The van der Waals surface area contributed by atoms with Gasteiger partial charge in [0.2, 0.25) is 0 Å². The van der Waals surface area contributed by atoms with Crippen LogP contribution < -0.4 is 4.74 Å². The average molecular weight is 512 g/mol. The van der Waals surface area contributed by atoms with Crippen LogP contribution in [0.2, 0.25) is 0 Å². The average Bonchev–Trinajstić information content (AvgIpc) is 2.86. The van der Waals surface area contributed by atoms with E-state index in [2.05, 4.69) is 33.4 Å². The molecule has 1 unspecified atom stereocenters. The van der Waals surface area contributed by atoms with Crippen LogP contribution in [-0.2, 0) is 11.8 Å². The lowest BCUT2D eigenvalue weighted by Gasteiger charge is -2.23. The van der Waals surface area contributed by atoms with Gasteiger partial charge in [0.25, 0.3) is 5.69 Å². The number of benzene rings is 3. The first kappa shape index (κ1) is 28.5. The van der Waals surface area contributed by atoms with Gasteiger partial charge in [0.05, 0.1) is 23.4 Å². The van der Waals surface area contributed by atoms with Crippen molar-refractivity contribution in [3.05, 3.63) is 100 Å².